The van der Waals surface area contributed by atoms with E-state index in [4.69, 9.17) is 0 Å². The van der Waals surface area contributed by atoms with Gasteiger partial charge in [0.05, 0.1) is 0 Å². The molecule has 0 atom stereocenters. The van der Waals surface area contributed by atoms with Gasteiger partial charge in [0.15, 0.2) is 0 Å². The van der Waals surface area contributed by atoms with E-state index in [2.05, 4.69) is 20.1 Å². The molecule has 0 aliphatic rings. The molecule has 1 radical (unpaired) electrons. The number of hydrogen-bond acceptors (Lipinski definition) is 0. The minimum absolute atomic E-state index is 0.667. The first-order valence-corrected chi connectivity index (χ1v) is 3.36. The minimum Gasteiger partial charge on any atom is -0.103 e. The molecular weight excluding hydrogens is 108 g/mol. The van der Waals surface area contributed by atoms with E-state index in [0.717, 1.165) is 19.3 Å². The van der Waals surface area contributed by atoms with Gasteiger partial charge in [0.1, 0.15) is 0 Å². The molecule has 0 aliphatic heterocycles. The maximum atomic E-state index is 3.83. The second-order valence-electron chi connectivity index (χ2n) is 2.20. The Hall–Kier alpha value is -0.520. The molecule has 0 fully saturated rings. The van der Waals surface area contributed by atoms with E-state index in [1.807, 2.05) is 12.2 Å². The van der Waals surface area contributed by atoms with Gasteiger partial charge in [-0.25, -0.2) is 0 Å². The van der Waals surface area contributed by atoms with Crippen LogP contribution in [0.1, 0.15) is 19.3 Å². The molecule has 0 unspecified atom stereocenters. The lowest BCUT2D eigenvalue weighted by Crippen LogP contribution is -1.93. The van der Waals surface area contributed by atoms with E-state index in [9.17, 15) is 0 Å². The average molecular weight is 123 g/mol. The third-order valence-corrected chi connectivity index (χ3v) is 1.41. The Morgan fingerprint density at radius 3 is 1.78 bits per heavy atom. The molecule has 0 bridgehead atoms. The Labute approximate surface area is 58.3 Å². The van der Waals surface area contributed by atoms with Gasteiger partial charge < -0.3 is 0 Å². The third-order valence-electron chi connectivity index (χ3n) is 1.41. The van der Waals surface area contributed by atoms with E-state index in [-0.39, 0.29) is 0 Å². The molecular formula is C9H15. The highest BCUT2D eigenvalue weighted by Gasteiger charge is 1.98. The molecule has 0 rings (SSSR count). The summed E-state index contributed by atoms with van der Waals surface area (Å²) in [6, 6.07) is 0. The zero-order valence-electron chi connectivity index (χ0n) is 5.97. The third kappa shape index (κ3) is 4.01. The van der Waals surface area contributed by atoms with Gasteiger partial charge in [0.2, 0.25) is 0 Å². The molecule has 51 valence electrons. The van der Waals surface area contributed by atoms with Crippen molar-refractivity contribution in [2.24, 2.45) is 5.92 Å². The van der Waals surface area contributed by atoms with Gasteiger partial charge in [-0.2, -0.15) is 0 Å². The molecule has 0 heterocycles. The molecule has 0 spiro atoms. The first-order valence-electron chi connectivity index (χ1n) is 3.36. The summed E-state index contributed by atoms with van der Waals surface area (Å²) >= 11 is 0. The van der Waals surface area contributed by atoms with Crippen LogP contribution >= 0.6 is 0 Å². The van der Waals surface area contributed by atoms with Crippen molar-refractivity contribution >= 4 is 0 Å². The van der Waals surface area contributed by atoms with Gasteiger partial charge in [-0.3, -0.25) is 0 Å². The Morgan fingerprint density at radius 1 is 1.11 bits per heavy atom. The maximum Gasteiger partial charge on any atom is -0.0322 e. The van der Waals surface area contributed by atoms with Gasteiger partial charge >= 0.3 is 0 Å². The predicted octanol–water partition coefficient (Wildman–Crippen LogP) is 2.98. The lowest BCUT2D eigenvalue weighted by atomic mass is 9.99. The Balaban J connectivity index is 3.39. The van der Waals surface area contributed by atoms with Crippen LogP contribution in [-0.2, 0) is 0 Å². The van der Waals surface area contributed by atoms with Crippen molar-refractivity contribution in [3.63, 3.8) is 0 Å². The molecule has 9 heavy (non-hydrogen) atoms. The molecule has 0 aromatic rings. The number of hydrogen-bond donors (Lipinski definition) is 0. The van der Waals surface area contributed by atoms with Crippen molar-refractivity contribution in [2.45, 2.75) is 19.3 Å². The van der Waals surface area contributed by atoms with Gasteiger partial charge in [0, 0.05) is 0 Å². The summed E-state index contributed by atoms with van der Waals surface area (Å²) in [5.41, 5.74) is 0. The summed E-state index contributed by atoms with van der Waals surface area (Å²) in [6.45, 7) is 11.2. The van der Waals surface area contributed by atoms with Crippen LogP contribution in [0.15, 0.2) is 25.3 Å². The van der Waals surface area contributed by atoms with E-state index < -0.39 is 0 Å². The molecule has 0 N–H and O–H groups in total. The van der Waals surface area contributed by atoms with Crippen molar-refractivity contribution in [3.05, 3.63) is 32.2 Å². The molecule has 0 aromatic heterocycles. The van der Waals surface area contributed by atoms with Crippen LogP contribution < -0.4 is 0 Å². The molecule has 0 nitrogen and oxygen atoms in total. The highest BCUT2D eigenvalue weighted by Crippen LogP contribution is 2.12. The summed E-state index contributed by atoms with van der Waals surface area (Å²) in [7, 11) is 0. The summed E-state index contributed by atoms with van der Waals surface area (Å²) < 4.78 is 0. The first-order chi connectivity index (χ1) is 4.35. The second-order valence-corrected chi connectivity index (χ2v) is 2.20. The summed E-state index contributed by atoms with van der Waals surface area (Å²) in [4.78, 5) is 0. The molecule has 0 saturated carbocycles. The second kappa shape index (κ2) is 5.61. The standard InChI is InChI=1S/C9H15/c1-4-7-9(6-3)8-5-2/h4-5,9H,1-3,6-8H2. The van der Waals surface area contributed by atoms with Crippen LogP contribution in [0.3, 0.4) is 0 Å². The van der Waals surface area contributed by atoms with Gasteiger partial charge in [-0.1, -0.05) is 19.1 Å². The van der Waals surface area contributed by atoms with Crippen molar-refractivity contribution in [1.29, 1.82) is 0 Å². The fourth-order valence-electron chi connectivity index (χ4n) is 0.803. The quantitative estimate of drug-likeness (QED) is 0.493. The van der Waals surface area contributed by atoms with Crippen LogP contribution in [0.25, 0.3) is 0 Å². The summed E-state index contributed by atoms with van der Waals surface area (Å²) in [5, 5.41) is 0. The fraction of sp³-hybridized carbons (Fsp3) is 0.444. The molecule has 0 saturated heterocycles. The smallest absolute Gasteiger partial charge is 0.0322 e. The zero-order valence-corrected chi connectivity index (χ0v) is 5.97. The number of rotatable bonds is 5. The predicted molar refractivity (Wildman–Crippen MR) is 43.1 cm³/mol. The average Bonchev–Trinajstić information content (AvgIpc) is 1.88. The fourth-order valence-corrected chi connectivity index (χ4v) is 0.803. The SMILES string of the molecule is [CH2]CC(CC=C)CC=C. The molecule has 0 aliphatic carbocycles. The monoisotopic (exact) mass is 123 g/mol. The molecule has 0 amide bonds. The van der Waals surface area contributed by atoms with Crippen molar-refractivity contribution in [1.82, 2.24) is 0 Å². The van der Waals surface area contributed by atoms with Crippen LogP contribution in [0.4, 0.5) is 0 Å². The first kappa shape index (κ1) is 8.48. The van der Waals surface area contributed by atoms with Gasteiger partial charge in [0.25, 0.3) is 0 Å². The van der Waals surface area contributed by atoms with Gasteiger partial charge in [-0.05, 0) is 25.2 Å². The van der Waals surface area contributed by atoms with E-state index in [1.165, 1.54) is 0 Å². The van der Waals surface area contributed by atoms with Crippen LogP contribution in [0.2, 0.25) is 0 Å². The van der Waals surface area contributed by atoms with Crippen molar-refractivity contribution in [2.75, 3.05) is 0 Å². The van der Waals surface area contributed by atoms with Crippen molar-refractivity contribution < 1.29 is 0 Å². The summed E-state index contributed by atoms with van der Waals surface area (Å²) in [6.07, 6.45) is 7.00. The van der Waals surface area contributed by atoms with E-state index in [1.54, 1.807) is 0 Å². The molecule has 0 aromatic carbocycles. The zero-order chi connectivity index (χ0) is 7.11. The Kier molecular flexibility index (Phi) is 5.29. The summed E-state index contributed by atoms with van der Waals surface area (Å²) in [5.74, 6) is 0.667. The maximum absolute atomic E-state index is 3.83. The topological polar surface area (TPSA) is 0 Å². The normalized spacial score (nSPS) is 9.56. The lowest BCUT2D eigenvalue weighted by molar-refractivity contribution is 0.550. The largest absolute Gasteiger partial charge is 0.103 e. The van der Waals surface area contributed by atoms with Crippen molar-refractivity contribution in [3.8, 4) is 0 Å². The Morgan fingerprint density at radius 2 is 1.56 bits per heavy atom. The van der Waals surface area contributed by atoms with Crippen LogP contribution in [0.5, 0.6) is 0 Å². The highest BCUT2D eigenvalue weighted by molar-refractivity contribution is 4.79. The number of allylic oxidation sites excluding steroid dienone is 2. The van der Waals surface area contributed by atoms with E-state index >= 15 is 0 Å². The molecule has 0 heteroatoms. The lowest BCUT2D eigenvalue weighted by Gasteiger charge is -2.07. The van der Waals surface area contributed by atoms with Gasteiger partial charge in [-0.15, -0.1) is 13.2 Å². The van der Waals surface area contributed by atoms with Crippen LogP contribution in [-0.4, -0.2) is 0 Å². The minimum atomic E-state index is 0.667. The van der Waals surface area contributed by atoms with Crippen LogP contribution in [0, 0.1) is 12.8 Å². The van der Waals surface area contributed by atoms with E-state index in [0.29, 0.717) is 5.92 Å². The highest BCUT2D eigenvalue weighted by atomic mass is 14.0. The Bertz CT molecular complexity index is 72.0.